The van der Waals surface area contributed by atoms with Crippen molar-refractivity contribution in [3.63, 3.8) is 0 Å². The van der Waals surface area contributed by atoms with Crippen LogP contribution in [0, 0.1) is 0 Å². The molecule has 98 valence electrons. The van der Waals surface area contributed by atoms with Crippen molar-refractivity contribution in [2.24, 2.45) is 0 Å². The number of ketones is 2. The third-order valence-electron chi connectivity index (χ3n) is 1.95. The largest absolute Gasteiger partial charge is 0.300 e. The van der Waals surface area contributed by atoms with Gasteiger partial charge in [-0.05, 0) is 47.5 Å². The number of carbonyl (C=O) groups excluding carboxylic acids is 2. The first-order chi connectivity index (χ1) is 7.90. The van der Waals surface area contributed by atoms with Gasteiger partial charge in [-0.3, -0.25) is 0 Å². The molecule has 0 aromatic carbocycles. The Kier molecular flexibility index (Phi) is 13.8. The van der Waals surface area contributed by atoms with Crippen molar-refractivity contribution < 1.29 is 9.59 Å². The molecule has 0 bridgehead atoms. The summed E-state index contributed by atoms with van der Waals surface area (Å²) in [5.41, 5.74) is 1.29. The first-order valence-electron chi connectivity index (χ1n) is 6.13. The summed E-state index contributed by atoms with van der Waals surface area (Å²) in [7, 11) is 0. The second kappa shape index (κ2) is 12.9. The second-order valence-electron chi connectivity index (χ2n) is 4.33. The molecular weight excluding hydrogens is 212 g/mol. The fourth-order valence-corrected chi connectivity index (χ4v) is 1.02. The monoisotopic (exact) mass is 238 g/mol. The molecule has 0 N–H and O–H groups in total. The molecule has 0 aliphatic carbocycles. The Balaban J connectivity index is 0. The molecule has 0 radical (unpaired) electrons. The molecule has 2 heteroatoms. The lowest BCUT2D eigenvalue weighted by atomic mass is 10.2. The van der Waals surface area contributed by atoms with Crippen LogP contribution in [0.1, 0.15) is 60.3 Å². The van der Waals surface area contributed by atoms with Crippen molar-refractivity contribution in [2.75, 3.05) is 0 Å². The Bertz CT molecular complexity index is 269. The maximum absolute atomic E-state index is 10.4. The van der Waals surface area contributed by atoms with E-state index in [-0.39, 0.29) is 11.6 Å². The maximum Gasteiger partial charge on any atom is 0.130 e. The molecule has 0 spiro atoms. The lowest BCUT2D eigenvalue weighted by Crippen LogP contribution is -1.86. The van der Waals surface area contributed by atoms with Crippen molar-refractivity contribution in [1.82, 2.24) is 0 Å². The minimum absolute atomic E-state index is 0.267. The van der Waals surface area contributed by atoms with Crippen LogP contribution in [-0.4, -0.2) is 11.6 Å². The minimum atomic E-state index is 0.267. The van der Waals surface area contributed by atoms with E-state index in [1.165, 1.54) is 5.57 Å². The van der Waals surface area contributed by atoms with Crippen LogP contribution in [0.2, 0.25) is 0 Å². The van der Waals surface area contributed by atoms with Gasteiger partial charge in [0.2, 0.25) is 0 Å². The van der Waals surface area contributed by atoms with Crippen LogP contribution in [0.15, 0.2) is 23.8 Å². The van der Waals surface area contributed by atoms with Crippen molar-refractivity contribution in [3.8, 4) is 0 Å². The van der Waals surface area contributed by atoms with Gasteiger partial charge >= 0.3 is 0 Å². The molecule has 0 saturated carbocycles. The zero-order valence-electron chi connectivity index (χ0n) is 11.9. The van der Waals surface area contributed by atoms with Crippen molar-refractivity contribution in [3.05, 3.63) is 23.8 Å². The van der Waals surface area contributed by atoms with E-state index in [0.717, 1.165) is 12.8 Å². The number of hydrogen-bond donors (Lipinski definition) is 0. The number of rotatable bonds is 6. The Morgan fingerprint density at radius 1 is 0.882 bits per heavy atom. The third-order valence-corrected chi connectivity index (χ3v) is 1.95. The highest BCUT2D eigenvalue weighted by atomic mass is 16.1. The van der Waals surface area contributed by atoms with Crippen molar-refractivity contribution >= 4 is 11.6 Å². The first-order valence-corrected chi connectivity index (χ1v) is 6.13. The molecule has 0 aromatic rings. The van der Waals surface area contributed by atoms with E-state index in [2.05, 4.69) is 6.08 Å². The third kappa shape index (κ3) is 25.3. The average Bonchev–Trinajstić information content (AvgIpc) is 2.17. The van der Waals surface area contributed by atoms with Gasteiger partial charge in [0.15, 0.2) is 0 Å². The predicted octanol–water partition coefficient (Wildman–Crippen LogP) is 4.25. The van der Waals surface area contributed by atoms with Gasteiger partial charge in [-0.25, -0.2) is 0 Å². The lowest BCUT2D eigenvalue weighted by molar-refractivity contribution is -0.117. The second-order valence-corrected chi connectivity index (χ2v) is 4.33. The van der Waals surface area contributed by atoms with Gasteiger partial charge in [-0.2, -0.15) is 0 Å². The number of hydrogen-bond acceptors (Lipinski definition) is 2. The van der Waals surface area contributed by atoms with Crippen molar-refractivity contribution in [2.45, 2.75) is 60.3 Å². The van der Waals surface area contributed by atoms with E-state index in [1.807, 2.05) is 32.9 Å². The van der Waals surface area contributed by atoms with Gasteiger partial charge in [0.05, 0.1) is 0 Å². The molecule has 17 heavy (non-hydrogen) atoms. The molecular formula is C15H26O2. The summed E-state index contributed by atoms with van der Waals surface area (Å²) in [6, 6.07) is 0. The van der Waals surface area contributed by atoms with Crippen LogP contribution in [-0.2, 0) is 9.59 Å². The van der Waals surface area contributed by atoms with Crippen LogP contribution < -0.4 is 0 Å². The summed E-state index contributed by atoms with van der Waals surface area (Å²) in [5.74, 6) is 0.538. The zero-order valence-corrected chi connectivity index (χ0v) is 11.9. The van der Waals surface area contributed by atoms with E-state index >= 15 is 0 Å². The zero-order chi connectivity index (χ0) is 13.7. The highest BCUT2D eigenvalue weighted by Crippen LogP contribution is 1.96. The Hall–Kier alpha value is -1.18. The Labute approximate surface area is 106 Å². The fraction of sp³-hybridized carbons (Fsp3) is 0.600. The van der Waals surface area contributed by atoms with E-state index in [0.29, 0.717) is 12.8 Å². The molecule has 0 fully saturated rings. The fourth-order valence-electron chi connectivity index (χ4n) is 1.02. The molecule has 2 nitrogen and oxygen atoms in total. The van der Waals surface area contributed by atoms with Crippen LogP contribution in [0.25, 0.3) is 0 Å². The van der Waals surface area contributed by atoms with E-state index < -0.39 is 0 Å². The summed E-state index contributed by atoms with van der Waals surface area (Å²) in [6.07, 6.45) is 9.21. The van der Waals surface area contributed by atoms with Gasteiger partial charge in [-0.1, -0.05) is 23.8 Å². The quantitative estimate of drug-likeness (QED) is 0.648. The van der Waals surface area contributed by atoms with Gasteiger partial charge in [-0.15, -0.1) is 0 Å². The molecule has 0 aromatic heterocycles. The van der Waals surface area contributed by atoms with Gasteiger partial charge in [0, 0.05) is 12.8 Å². The SMILES string of the molecule is CC(=O)CCC=C(C)C.CC=CCCC(C)=O. The summed E-state index contributed by atoms with van der Waals surface area (Å²) in [5, 5.41) is 0. The van der Waals surface area contributed by atoms with E-state index in [9.17, 15) is 9.59 Å². The molecule has 0 aliphatic rings. The highest BCUT2D eigenvalue weighted by molar-refractivity contribution is 5.75. The minimum Gasteiger partial charge on any atom is -0.300 e. The maximum atomic E-state index is 10.4. The molecule has 0 rings (SSSR count). The van der Waals surface area contributed by atoms with Crippen molar-refractivity contribution in [1.29, 1.82) is 0 Å². The molecule has 0 amide bonds. The summed E-state index contributed by atoms with van der Waals surface area (Å²) < 4.78 is 0. The average molecular weight is 238 g/mol. The van der Waals surface area contributed by atoms with Gasteiger partial charge in [0.25, 0.3) is 0 Å². The molecule has 0 unspecified atom stereocenters. The van der Waals surface area contributed by atoms with Gasteiger partial charge in [0.1, 0.15) is 11.6 Å². The first kappa shape index (κ1) is 18.2. The topological polar surface area (TPSA) is 34.1 Å². The lowest BCUT2D eigenvalue weighted by Gasteiger charge is -1.89. The number of Topliss-reactive ketones (excluding diaryl/α,β-unsaturated/α-hetero) is 2. The standard InChI is InChI=1S/C8H14O.C7H12O/c1-7(2)5-4-6-8(3)9;1-3-4-5-6-7(2)8/h5H,4,6H2,1-3H3;3-4H,5-6H2,1-2H3. The summed E-state index contributed by atoms with van der Waals surface area (Å²) in [6.45, 7) is 9.28. The number of carbonyl (C=O) groups is 2. The van der Waals surface area contributed by atoms with Crippen LogP contribution in [0.3, 0.4) is 0 Å². The van der Waals surface area contributed by atoms with Crippen LogP contribution in [0.4, 0.5) is 0 Å². The molecule has 0 heterocycles. The summed E-state index contributed by atoms with van der Waals surface area (Å²) >= 11 is 0. The smallest absolute Gasteiger partial charge is 0.130 e. The normalized spacial score (nSPS) is 9.47. The summed E-state index contributed by atoms with van der Waals surface area (Å²) in [4.78, 5) is 20.7. The molecule has 0 aliphatic heterocycles. The Morgan fingerprint density at radius 2 is 1.35 bits per heavy atom. The molecule has 0 atom stereocenters. The molecule has 0 saturated heterocycles. The van der Waals surface area contributed by atoms with Crippen LogP contribution >= 0.6 is 0 Å². The highest BCUT2D eigenvalue weighted by Gasteiger charge is 1.88. The van der Waals surface area contributed by atoms with E-state index in [1.54, 1.807) is 13.8 Å². The Morgan fingerprint density at radius 3 is 1.71 bits per heavy atom. The predicted molar refractivity (Wildman–Crippen MR) is 74.1 cm³/mol. The van der Waals surface area contributed by atoms with Crippen LogP contribution in [0.5, 0.6) is 0 Å². The van der Waals surface area contributed by atoms with Gasteiger partial charge < -0.3 is 9.59 Å². The van der Waals surface area contributed by atoms with E-state index in [4.69, 9.17) is 0 Å². The number of allylic oxidation sites excluding steroid dienone is 4.